The smallest absolute Gasteiger partial charge is 0.191 e. The zero-order chi connectivity index (χ0) is 10.6. The summed E-state index contributed by atoms with van der Waals surface area (Å²) < 4.78 is 10.2. The van der Waals surface area contributed by atoms with Crippen LogP contribution in [0, 0.1) is 0 Å². The maximum absolute atomic E-state index is 5.29. The quantitative estimate of drug-likeness (QED) is 0.546. The number of hydrogen-bond acceptors (Lipinski definition) is 3. The van der Waals surface area contributed by atoms with E-state index in [0.717, 1.165) is 0 Å². The zero-order valence-electron chi connectivity index (χ0n) is 8.15. The van der Waals surface area contributed by atoms with Crippen LogP contribution >= 0.6 is 0 Å². The van der Waals surface area contributed by atoms with Crippen LogP contribution in [0.1, 0.15) is 0 Å². The molecule has 0 saturated heterocycles. The van der Waals surface area contributed by atoms with Gasteiger partial charge in [0.05, 0.1) is 14.2 Å². The highest BCUT2D eigenvalue weighted by Crippen LogP contribution is 2.36. The average Bonchev–Trinajstić information content (AvgIpc) is 2.17. The normalized spacial score (nSPS) is 9.29. The van der Waals surface area contributed by atoms with Gasteiger partial charge in [-0.3, -0.25) is 0 Å². The summed E-state index contributed by atoms with van der Waals surface area (Å²) in [7, 11) is 3.08. The molecule has 0 bridgehead atoms. The van der Waals surface area contributed by atoms with Gasteiger partial charge < -0.3 is 20.9 Å². The van der Waals surface area contributed by atoms with Gasteiger partial charge in [0.25, 0.3) is 0 Å². The van der Waals surface area contributed by atoms with Gasteiger partial charge in [0.15, 0.2) is 11.6 Å². The lowest BCUT2D eigenvalue weighted by molar-refractivity contribution is 0.397. The molecule has 0 saturated carbocycles. The number of nitrogens with zero attached hydrogens (tertiary/aromatic N) is 1. The van der Waals surface area contributed by atoms with Gasteiger partial charge in [0.1, 0.15) is 11.5 Å². The van der Waals surface area contributed by atoms with E-state index in [9.17, 15) is 0 Å². The van der Waals surface area contributed by atoms with Crippen molar-refractivity contribution in [2.24, 2.45) is 16.5 Å². The minimum absolute atomic E-state index is 0.0344. The van der Waals surface area contributed by atoms with E-state index in [1.165, 1.54) is 0 Å². The molecule has 4 N–H and O–H groups in total. The molecule has 1 aromatic carbocycles. The number of aliphatic imine (C=N–C) groups is 1. The lowest BCUT2D eigenvalue weighted by Gasteiger charge is -2.08. The van der Waals surface area contributed by atoms with E-state index >= 15 is 0 Å². The summed E-state index contributed by atoms with van der Waals surface area (Å²) in [4.78, 5) is 3.92. The fraction of sp³-hybridized carbons (Fsp3) is 0.222. The highest BCUT2D eigenvalue weighted by molar-refractivity contribution is 5.81. The predicted molar refractivity (Wildman–Crippen MR) is 55.0 cm³/mol. The first-order valence-electron chi connectivity index (χ1n) is 3.99. The van der Waals surface area contributed by atoms with E-state index in [-0.39, 0.29) is 5.96 Å². The van der Waals surface area contributed by atoms with Crippen molar-refractivity contribution in [2.75, 3.05) is 14.2 Å². The second-order valence-corrected chi connectivity index (χ2v) is 2.55. The fourth-order valence-corrected chi connectivity index (χ4v) is 1.07. The van der Waals surface area contributed by atoms with Crippen molar-refractivity contribution in [1.82, 2.24) is 0 Å². The average molecular weight is 195 g/mol. The molecule has 0 amide bonds. The lowest BCUT2D eigenvalue weighted by atomic mass is 10.2. The topological polar surface area (TPSA) is 82.9 Å². The lowest BCUT2D eigenvalue weighted by Crippen LogP contribution is -2.22. The Hall–Kier alpha value is -1.91. The van der Waals surface area contributed by atoms with Crippen LogP contribution in [-0.2, 0) is 0 Å². The zero-order valence-corrected chi connectivity index (χ0v) is 8.15. The number of hydrogen-bond donors (Lipinski definition) is 2. The van der Waals surface area contributed by atoms with Crippen LogP contribution in [0.4, 0.5) is 5.69 Å². The Bertz CT molecular complexity index is 324. The van der Waals surface area contributed by atoms with E-state index in [2.05, 4.69) is 4.99 Å². The van der Waals surface area contributed by atoms with Gasteiger partial charge in [-0.25, -0.2) is 4.99 Å². The van der Waals surface area contributed by atoms with Crippen molar-refractivity contribution in [2.45, 2.75) is 0 Å². The molecule has 5 heteroatoms. The summed E-state index contributed by atoms with van der Waals surface area (Å²) in [5.41, 5.74) is 11.1. The van der Waals surface area contributed by atoms with Crippen molar-refractivity contribution < 1.29 is 9.47 Å². The molecule has 0 radical (unpaired) electrons. The summed E-state index contributed by atoms with van der Waals surface area (Å²) in [5, 5.41) is 0. The number of rotatable bonds is 3. The van der Waals surface area contributed by atoms with Gasteiger partial charge >= 0.3 is 0 Å². The molecule has 0 spiro atoms. The number of benzene rings is 1. The minimum Gasteiger partial charge on any atom is -0.494 e. The van der Waals surface area contributed by atoms with Crippen LogP contribution in [0.5, 0.6) is 11.5 Å². The molecule has 0 aromatic heterocycles. The summed E-state index contributed by atoms with van der Waals surface area (Å²) in [6.45, 7) is 0. The Morgan fingerprint density at radius 1 is 1.14 bits per heavy atom. The van der Waals surface area contributed by atoms with E-state index < -0.39 is 0 Å². The van der Waals surface area contributed by atoms with E-state index in [1.54, 1.807) is 32.4 Å². The van der Waals surface area contributed by atoms with E-state index in [4.69, 9.17) is 20.9 Å². The molecular formula is C9H13N3O2. The summed E-state index contributed by atoms with van der Waals surface area (Å²) in [6, 6.07) is 5.30. The van der Waals surface area contributed by atoms with Crippen LogP contribution in [0.2, 0.25) is 0 Å². The first-order chi connectivity index (χ1) is 6.69. The molecule has 0 atom stereocenters. The van der Waals surface area contributed by atoms with Crippen LogP contribution in [0.25, 0.3) is 0 Å². The molecule has 0 aliphatic heterocycles. The number of nitrogens with two attached hydrogens (primary N) is 2. The molecule has 0 fully saturated rings. The number of para-hydroxylation sites is 1. The third-order valence-electron chi connectivity index (χ3n) is 1.64. The van der Waals surface area contributed by atoms with Crippen LogP contribution in [-0.4, -0.2) is 20.2 Å². The van der Waals surface area contributed by atoms with E-state index in [1.807, 2.05) is 0 Å². The molecule has 0 heterocycles. The van der Waals surface area contributed by atoms with Gasteiger partial charge in [-0.15, -0.1) is 0 Å². The molecule has 1 aromatic rings. The number of guanidine groups is 1. The van der Waals surface area contributed by atoms with Crippen molar-refractivity contribution in [3.05, 3.63) is 18.2 Å². The largest absolute Gasteiger partial charge is 0.494 e. The number of methoxy groups -OCH3 is 2. The highest BCUT2D eigenvalue weighted by atomic mass is 16.5. The molecule has 14 heavy (non-hydrogen) atoms. The van der Waals surface area contributed by atoms with Crippen molar-refractivity contribution in [3.63, 3.8) is 0 Å². The first-order valence-corrected chi connectivity index (χ1v) is 3.99. The van der Waals surface area contributed by atoms with Crippen LogP contribution in [0.3, 0.4) is 0 Å². The molecule has 1 rings (SSSR count). The summed E-state index contributed by atoms with van der Waals surface area (Å²) in [6.07, 6.45) is 0. The van der Waals surface area contributed by atoms with Crippen LogP contribution in [0.15, 0.2) is 23.2 Å². The molecule has 0 aliphatic rings. The summed E-state index contributed by atoms with van der Waals surface area (Å²) >= 11 is 0. The van der Waals surface area contributed by atoms with Crippen LogP contribution < -0.4 is 20.9 Å². The van der Waals surface area contributed by atoms with Crippen molar-refractivity contribution in [1.29, 1.82) is 0 Å². The highest BCUT2D eigenvalue weighted by Gasteiger charge is 2.08. The third kappa shape index (κ3) is 2.07. The molecule has 5 nitrogen and oxygen atoms in total. The predicted octanol–water partition coefficient (Wildman–Crippen LogP) is 0.609. The van der Waals surface area contributed by atoms with Gasteiger partial charge in [-0.05, 0) is 12.1 Å². The first kappa shape index (κ1) is 10.2. The van der Waals surface area contributed by atoms with Gasteiger partial charge in [0, 0.05) is 0 Å². The second kappa shape index (κ2) is 4.36. The van der Waals surface area contributed by atoms with Crippen molar-refractivity contribution in [3.8, 4) is 11.5 Å². The maximum atomic E-state index is 5.29. The molecule has 76 valence electrons. The number of ether oxygens (including phenoxy) is 2. The van der Waals surface area contributed by atoms with Crippen molar-refractivity contribution >= 4 is 11.6 Å². The Labute approximate surface area is 82.3 Å². The fourth-order valence-electron chi connectivity index (χ4n) is 1.07. The molecule has 0 unspecified atom stereocenters. The molecular weight excluding hydrogens is 182 g/mol. The third-order valence-corrected chi connectivity index (χ3v) is 1.64. The van der Waals surface area contributed by atoms with Gasteiger partial charge in [-0.2, -0.15) is 0 Å². The second-order valence-electron chi connectivity index (χ2n) is 2.55. The maximum Gasteiger partial charge on any atom is 0.191 e. The Kier molecular flexibility index (Phi) is 3.17. The van der Waals surface area contributed by atoms with E-state index in [0.29, 0.717) is 17.2 Å². The monoisotopic (exact) mass is 195 g/mol. The Morgan fingerprint density at radius 3 is 2.00 bits per heavy atom. The molecule has 0 aliphatic carbocycles. The standard InChI is InChI=1S/C9H13N3O2/c1-13-6-4-3-5-7(14-2)8(6)12-9(10)11/h3-5H,1-2H3,(H4,10,11,12). The Balaban J connectivity index is 3.26. The Morgan fingerprint density at radius 2 is 1.64 bits per heavy atom. The summed E-state index contributed by atoms with van der Waals surface area (Å²) in [5.74, 6) is 1.10. The minimum atomic E-state index is -0.0344. The SMILES string of the molecule is COc1cccc(OC)c1N=C(N)N. The van der Waals surface area contributed by atoms with Gasteiger partial charge in [-0.1, -0.05) is 6.07 Å². The van der Waals surface area contributed by atoms with Gasteiger partial charge in [0.2, 0.25) is 0 Å².